The second-order valence-electron chi connectivity index (χ2n) is 3.79. The van der Waals surface area contributed by atoms with Crippen molar-refractivity contribution in [1.29, 1.82) is 0 Å². The first-order valence-electron chi connectivity index (χ1n) is 4.78. The van der Waals surface area contributed by atoms with Crippen LogP contribution in [0.15, 0.2) is 0 Å². The molecular weight excluding hydrogens is 200 g/mol. The molecule has 6 heteroatoms. The predicted molar refractivity (Wildman–Crippen MR) is 52.2 cm³/mol. The van der Waals surface area contributed by atoms with Crippen LogP contribution in [0.1, 0.15) is 6.92 Å². The Morgan fingerprint density at radius 2 is 2.13 bits per heavy atom. The number of carbonyl (C=O) groups is 2. The van der Waals surface area contributed by atoms with Gasteiger partial charge in [0, 0.05) is 7.05 Å². The Kier molecular flexibility index (Phi) is 3.65. The molecule has 0 bridgehead atoms. The highest BCUT2D eigenvalue weighted by Crippen LogP contribution is 2.19. The van der Waals surface area contributed by atoms with Crippen LogP contribution in [-0.4, -0.2) is 54.2 Å². The number of amides is 1. The van der Waals surface area contributed by atoms with Crippen molar-refractivity contribution >= 4 is 11.9 Å². The number of ether oxygens (including phenoxy) is 1. The van der Waals surface area contributed by atoms with E-state index in [1.54, 1.807) is 14.0 Å². The van der Waals surface area contributed by atoms with Crippen molar-refractivity contribution in [3.63, 3.8) is 0 Å². The molecule has 1 saturated heterocycles. The maximum atomic E-state index is 11.6. The van der Waals surface area contributed by atoms with Gasteiger partial charge in [0.25, 0.3) is 0 Å². The number of aliphatic carboxylic acids is 1. The van der Waals surface area contributed by atoms with E-state index in [4.69, 9.17) is 15.6 Å². The van der Waals surface area contributed by atoms with E-state index in [-0.39, 0.29) is 19.1 Å². The smallest absolute Gasteiger partial charge is 0.311 e. The number of carboxylic acids is 1. The van der Waals surface area contributed by atoms with Gasteiger partial charge in [-0.1, -0.05) is 0 Å². The van der Waals surface area contributed by atoms with E-state index in [9.17, 15) is 9.59 Å². The summed E-state index contributed by atoms with van der Waals surface area (Å²) in [5.41, 5.74) is 5.45. The molecule has 3 atom stereocenters. The Labute approximate surface area is 88.0 Å². The minimum Gasteiger partial charge on any atom is -0.481 e. The molecule has 0 aromatic rings. The normalized spacial score (nSPS) is 27.4. The van der Waals surface area contributed by atoms with Crippen LogP contribution >= 0.6 is 0 Å². The maximum absolute atomic E-state index is 11.6. The van der Waals surface area contributed by atoms with Crippen molar-refractivity contribution in [3.05, 3.63) is 0 Å². The van der Waals surface area contributed by atoms with Crippen LogP contribution in [-0.2, 0) is 14.3 Å². The Morgan fingerprint density at radius 3 is 2.60 bits per heavy atom. The van der Waals surface area contributed by atoms with Gasteiger partial charge < -0.3 is 20.5 Å². The number of rotatable bonds is 3. The molecule has 0 spiro atoms. The van der Waals surface area contributed by atoms with Crippen LogP contribution in [0.2, 0.25) is 0 Å². The summed E-state index contributed by atoms with van der Waals surface area (Å²) in [6.45, 7) is 1.98. The number of nitrogens with zero attached hydrogens (tertiary/aromatic N) is 1. The molecule has 1 fully saturated rings. The molecule has 1 rings (SSSR count). The first-order chi connectivity index (χ1) is 6.95. The molecule has 0 aliphatic carbocycles. The van der Waals surface area contributed by atoms with Crippen molar-refractivity contribution < 1.29 is 19.4 Å². The minimum absolute atomic E-state index is 0.149. The highest BCUT2D eigenvalue weighted by atomic mass is 16.5. The lowest BCUT2D eigenvalue weighted by Crippen LogP contribution is -2.49. The second kappa shape index (κ2) is 4.59. The summed E-state index contributed by atoms with van der Waals surface area (Å²) in [4.78, 5) is 23.8. The molecule has 1 aliphatic heterocycles. The van der Waals surface area contributed by atoms with Crippen molar-refractivity contribution in [3.8, 4) is 0 Å². The molecule has 0 radical (unpaired) electrons. The molecule has 0 aromatic carbocycles. The average Bonchev–Trinajstić information content (AvgIpc) is 2.63. The third-order valence-corrected chi connectivity index (χ3v) is 2.60. The molecule has 15 heavy (non-hydrogen) atoms. The third-order valence-electron chi connectivity index (χ3n) is 2.60. The van der Waals surface area contributed by atoms with Crippen molar-refractivity contribution in [2.24, 2.45) is 11.7 Å². The lowest BCUT2D eigenvalue weighted by Gasteiger charge is -2.27. The molecule has 3 N–H and O–H groups in total. The SMILES string of the molecule is CC(N)C(=O)N(C)C1COCC1C(=O)O. The highest BCUT2D eigenvalue weighted by molar-refractivity contribution is 5.82. The molecule has 86 valence electrons. The number of carboxylic acid groups (broad SMARTS) is 1. The van der Waals surface area contributed by atoms with Gasteiger partial charge in [0.1, 0.15) is 5.92 Å². The number of nitrogens with two attached hydrogens (primary N) is 1. The van der Waals surface area contributed by atoms with Crippen molar-refractivity contribution in [2.45, 2.75) is 19.0 Å². The van der Waals surface area contributed by atoms with Crippen molar-refractivity contribution in [2.75, 3.05) is 20.3 Å². The van der Waals surface area contributed by atoms with Crippen LogP contribution in [0.25, 0.3) is 0 Å². The Morgan fingerprint density at radius 1 is 1.53 bits per heavy atom. The van der Waals surface area contributed by atoms with E-state index in [0.29, 0.717) is 0 Å². The van der Waals surface area contributed by atoms with Gasteiger partial charge in [0.05, 0.1) is 25.3 Å². The van der Waals surface area contributed by atoms with Gasteiger partial charge in [-0.3, -0.25) is 9.59 Å². The number of likely N-dealkylation sites (N-methyl/N-ethyl adjacent to an activating group) is 1. The lowest BCUT2D eigenvalue weighted by atomic mass is 10.0. The second-order valence-corrected chi connectivity index (χ2v) is 3.79. The van der Waals surface area contributed by atoms with E-state index in [0.717, 1.165) is 0 Å². The Balaban J connectivity index is 2.70. The van der Waals surface area contributed by atoms with Gasteiger partial charge in [-0.25, -0.2) is 0 Å². The maximum Gasteiger partial charge on any atom is 0.311 e. The summed E-state index contributed by atoms with van der Waals surface area (Å²) in [7, 11) is 1.56. The number of hydrogen-bond donors (Lipinski definition) is 2. The van der Waals surface area contributed by atoms with E-state index >= 15 is 0 Å². The topological polar surface area (TPSA) is 92.9 Å². The van der Waals surface area contributed by atoms with Gasteiger partial charge in [-0.15, -0.1) is 0 Å². The highest BCUT2D eigenvalue weighted by Gasteiger charge is 2.38. The van der Waals surface area contributed by atoms with Gasteiger partial charge in [0.2, 0.25) is 5.91 Å². The fraction of sp³-hybridized carbons (Fsp3) is 0.778. The van der Waals surface area contributed by atoms with Gasteiger partial charge >= 0.3 is 5.97 Å². The summed E-state index contributed by atoms with van der Waals surface area (Å²) in [6.07, 6.45) is 0. The molecule has 1 aliphatic rings. The fourth-order valence-electron chi connectivity index (χ4n) is 1.65. The molecule has 0 aromatic heterocycles. The zero-order valence-electron chi connectivity index (χ0n) is 8.84. The summed E-state index contributed by atoms with van der Waals surface area (Å²) < 4.78 is 5.07. The van der Waals surface area contributed by atoms with Crippen LogP contribution in [0.5, 0.6) is 0 Å². The van der Waals surface area contributed by atoms with Gasteiger partial charge in [0.15, 0.2) is 0 Å². The summed E-state index contributed by atoms with van der Waals surface area (Å²) in [6, 6.07) is -1.04. The molecule has 6 nitrogen and oxygen atoms in total. The van der Waals surface area contributed by atoms with Crippen molar-refractivity contribution in [1.82, 2.24) is 4.90 Å². The Bertz CT molecular complexity index is 267. The van der Waals surface area contributed by atoms with E-state index < -0.39 is 24.0 Å². The first kappa shape index (κ1) is 11.9. The number of hydrogen-bond acceptors (Lipinski definition) is 4. The molecule has 3 unspecified atom stereocenters. The van der Waals surface area contributed by atoms with Crippen LogP contribution < -0.4 is 5.73 Å². The fourth-order valence-corrected chi connectivity index (χ4v) is 1.65. The third kappa shape index (κ3) is 2.45. The van der Waals surface area contributed by atoms with Crippen LogP contribution in [0.4, 0.5) is 0 Å². The summed E-state index contributed by atoms with van der Waals surface area (Å²) in [5.74, 6) is -1.86. The van der Waals surface area contributed by atoms with Gasteiger partial charge in [-0.05, 0) is 6.92 Å². The molecule has 1 amide bonds. The standard InChI is InChI=1S/C9H16N2O4/c1-5(10)8(12)11(2)7-4-15-3-6(7)9(13)14/h5-7H,3-4,10H2,1-2H3,(H,13,14). The van der Waals surface area contributed by atoms with Gasteiger partial charge in [-0.2, -0.15) is 0 Å². The van der Waals surface area contributed by atoms with Crippen LogP contribution in [0, 0.1) is 5.92 Å². The van der Waals surface area contributed by atoms with E-state index in [2.05, 4.69) is 0 Å². The van der Waals surface area contributed by atoms with E-state index in [1.807, 2.05) is 0 Å². The minimum atomic E-state index is -0.943. The largest absolute Gasteiger partial charge is 0.481 e. The van der Waals surface area contributed by atoms with E-state index in [1.165, 1.54) is 4.90 Å². The zero-order chi connectivity index (χ0) is 11.6. The first-order valence-corrected chi connectivity index (χ1v) is 4.78. The molecule has 1 heterocycles. The summed E-state index contributed by atoms with van der Waals surface area (Å²) in [5, 5.41) is 8.90. The number of carbonyl (C=O) groups excluding carboxylic acids is 1. The molecular formula is C9H16N2O4. The quantitative estimate of drug-likeness (QED) is 0.624. The zero-order valence-corrected chi connectivity index (χ0v) is 8.84. The summed E-state index contributed by atoms with van der Waals surface area (Å²) >= 11 is 0. The molecule has 0 saturated carbocycles. The lowest BCUT2D eigenvalue weighted by molar-refractivity contribution is -0.144. The monoisotopic (exact) mass is 216 g/mol. The van der Waals surface area contributed by atoms with Crippen LogP contribution in [0.3, 0.4) is 0 Å². The Hall–Kier alpha value is -1.14. The predicted octanol–water partition coefficient (Wildman–Crippen LogP) is -1.11. The average molecular weight is 216 g/mol.